The molecule has 1 aromatic heterocycles. The average Bonchev–Trinajstić information content (AvgIpc) is 3.57. The number of aryl methyl sites for hydroxylation is 1. The van der Waals surface area contributed by atoms with Crippen LogP contribution >= 0.6 is 0 Å². The molecule has 206 valence electrons. The summed E-state index contributed by atoms with van der Waals surface area (Å²) in [4.78, 5) is 34.7. The van der Waals surface area contributed by atoms with Gasteiger partial charge in [-0.1, -0.05) is 72.8 Å². The Kier molecular flexibility index (Phi) is 7.33. The maximum Gasteiger partial charge on any atom is 0.318 e. The van der Waals surface area contributed by atoms with Gasteiger partial charge in [-0.25, -0.2) is 4.79 Å². The summed E-state index contributed by atoms with van der Waals surface area (Å²) in [5.74, 6) is -0.0526. The number of aromatic amines is 1. The van der Waals surface area contributed by atoms with Crippen LogP contribution in [0.25, 0.3) is 10.9 Å². The molecule has 0 radical (unpaired) electrons. The number of likely N-dealkylation sites (tertiary alicyclic amines) is 1. The van der Waals surface area contributed by atoms with Crippen molar-refractivity contribution in [2.75, 3.05) is 19.6 Å². The zero-order valence-corrected chi connectivity index (χ0v) is 23.2. The van der Waals surface area contributed by atoms with E-state index in [2.05, 4.69) is 40.6 Å². The summed E-state index contributed by atoms with van der Waals surface area (Å²) in [7, 11) is 0. The Balaban J connectivity index is 1.19. The lowest BCUT2D eigenvalue weighted by Crippen LogP contribution is -2.55. The van der Waals surface area contributed by atoms with Gasteiger partial charge in [0, 0.05) is 49.7 Å². The van der Waals surface area contributed by atoms with Crippen LogP contribution in [0.15, 0.2) is 85.1 Å². The van der Waals surface area contributed by atoms with Crippen molar-refractivity contribution in [2.24, 2.45) is 0 Å². The quantitative estimate of drug-likeness (QED) is 0.314. The van der Waals surface area contributed by atoms with E-state index < -0.39 is 6.04 Å². The first-order valence-corrected chi connectivity index (χ1v) is 14.6. The normalized spacial score (nSPS) is 16.6. The number of fused-ring (bicyclic) bond motifs is 3. The number of nitrogens with zero attached hydrogens (tertiary/aromatic N) is 2. The Labute approximate surface area is 236 Å². The van der Waals surface area contributed by atoms with Crippen LogP contribution < -0.4 is 5.32 Å². The first-order valence-electron chi connectivity index (χ1n) is 14.6. The van der Waals surface area contributed by atoms with Gasteiger partial charge in [-0.15, -0.1) is 0 Å². The number of hydrogen-bond donors (Lipinski definition) is 2. The summed E-state index contributed by atoms with van der Waals surface area (Å²) in [6.07, 6.45) is 6.62. The van der Waals surface area contributed by atoms with E-state index in [0.29, 0.717) is 32.6 Å². The van der Waals surface area contributed by atoms with Gasteiger partial charge < -0.3 is 20.1 Å². The van der Waals surface area contributed by atoms with Gasteiger partial charge in [-0.2, -0.15) is 0 Å². The molecule has 3 aromatic carbocycles. The van der Waals surface area contributed by atoms with Crippen LogP contribution in [0, 0.1) is 0 Å². The van der Waals surface area contributed by atoms with Crippen LogP contribution in [-0.2, 0) is 29.6 Å². The fourth-order valence-corrected chi connectivity index (χ4v) is 6.75. The molecule has 6 nitrogen and oxygen atoms in total. The number of amides is 3. The lowest BCUT2D eigenvalue weighted by Gasteiger charge is -2.40. The fraction of sp³-hybridized carbons (Fsp3) is 0.353. The van der Waals surface area contributed by atoms with Gasteiger partial charge in [0.15, 0.2) is 0 Å². The third-order valence-electron chi connectivity index (χ3n) is 9.07. The topological polar surface area (TPSA) is 68.4 Å². The fourth-order valence-electron chi connectivity index (χ4n) is 6.75. The third-order valence-corrected chi connectivity index (χ3v) is 9.07. The van der Waals surface area contributed by atoms with Gasteiger partial charge >= 0.3 is 6.03 Å². The van der Waals surface area contributed by atoms with Gasteiger partial charge in [0.2, 0.25) is 5.91 Å². The Morgan fingerprint density at radius 2 is 1.68 bits per heavy atom. The number of H-pyrrole nitrogens is 1. The second-order valence-electron chi connectivity index (χ2n) is 11.3. The monoisotopic (exact) mass is 534 g/mol. The number of carbonyl (C=O) groups is 2. The molecule has 6 heteroatoms. The van der Waals surface area contributed by atoms with Crippen molar-refractivity contribution < 1.29 is 9.59 Å². The van der Waals surface area contributed by atoms with E-state index >= 15 is 0 Å². The second kappa shape index (κ2) is 11.2. The highest BCUT2D eigenvalue weighted by Gasteiger charge is 2.42. The number of para-hydroxylation sites is 1. The molecule has 0 bridgehead atoms. The van der Waals surface area contributed by atoms with Crippen LogP contribution in [0.5, 0.6) is 0 Å². The SMILES string of the molecule is CCN(Cc1ccccc1)C(=O)[C@H](Cc1c[nH]c2ccccc12)NC(=O)N1CCC2(CCc3ccccc32)CC1. The Morgan fingerprint density at radius 3 is 2.48 bits per heavy atom. The number of nitrogens with one attached hydrogen (secondary N) is 2. The molecule has 3 amide bonds. The molecule has 1 aliphatic heterocycles. The van der Waals surface area contributed by atoms with Crippen molar-refractivity contribution in [3.8, 4) is 0 Å². The highest BCUT2D eigenvalue weighted by atomic mass is 16.2. The van der Waals surface area contributed by atoms with Gasteiger partial charge in [-0.3, -0.25) is 4.79 Å². The predicted molar refractivity (Wildman–Crippen MR) is 159 cm³/mol. The number of likely N-dealkylation sites (N-methyl/N-ethyl adjacent to an activating group) is 1. The van der Waals surface area contributed by atoms with Crippen LogP contribution in [0.3, 0.4) is 0 Å². The Hall–Kier alpha value is -4.06. The molecule has 40 heavy (non-hydrogen) atoms. The van der Waals surface area contributed by atoms with Gasteiger partial charge in [0.1, 0.15) is 6.04 Å². The number of aromatic nitrogens is 1. The first-order chi connectivity index (χ1) is 19.6. The second-order valence-corrected chi connectivity index (χ2v) is 11.3. The summed E-state index contributed by atoms with van der Waals surface area (Å²) >= 11 is 0. The Bertz CT molecular complexity index is 1490. The lowest BCUT2D eigenvalue weighted by atomic mass is 9.74. The van der Waals surface area contributed by atoms with Crippen molar-refractivity contribution in [3.05, 3.63) is 107 Å². The minimum Gasteiger partial charge on any atom is -0.361 e. The molecule has 1 fully saturated rings. The summed E-state index contributed by atoms with van der Waals surface area (Å²) in [6, 6.07) is 26.1. The number of piperidine rings is 1. The van der Waals surface area contributed by atoms with Crippen molar-refractivity contribution in [2.45, 2.75) is 57.0 Å². The van der Waals surface area contributed by atoms with E-state index in [1.807, 2.05) is 71.5 Å². The summed E-state index contributed by atoms with van der Waals surface area (Å²) in [6.45, 7) is 4.49. The maximum atomic E-state index is 14.0. The maximum absolute atomic E-state index is 14.0. The molecule has 4 aromatic rings. The van der Waals surface area contributed by atoms with Crippen molar-refractivity contribution >= 4 is 22.8 Å². The molecule has 6 rings (SSSR count). The number of rotatable bonds is 7. The Morgan fingerprint density at radius 1 is 0.950 bits per heavy atom. The first kappa shape index (κ1) is 26.2. The highest BCUT2D eigenvalue weighted by molar-refractivity contribution is 5.89. The van der Waals surface area contributed by atoms with Gasteiger partial charge in [0.25, 0.3) is 0 Å². The van der Waals surface area contributed by atoms with Crippen LogP contribution in [-0.4, -0.2) is 52.4 Å². The van der Waals surface area contributed by atoms with E-state index in [1.54, 1.807) is 0 Å². The van der Waals surface area contributed by atoms with Crippen molar-refractivity contribution in [1.29, 1.82) is 0 Å². The lowest BCUT2D eigenvalue weighted by molar-refractivity contribution is -0.133. The molecule has 1 spiro atoms. The molecule has 2 N–H and O–H groups in total. The standard InChI is InChI=1S/C34H38N4O2/c1-2-37(24-25-10-4-3-5-11-25)32(39)31(22-27-23-35-30-15-9-7-13-28(27)30)36-33(40)38-20-18-34(19-21-38)17-16-26-12-6-8-14-29(26)34/h3-15,23,31,35H,2,16-22,24H2,1H3,(H,36,40)/t31-/m0/s1. The van der Waals surface area contributed by atoms with Crippen molar-refractivity contribution in [1.82, 2.24) is 20.1 Å². The molecular formula is C34H38N4O2. The van der Waals surface area contributed by atoms with Crippen molar-refractivity contribution in [3.63, 3.8) is 0 Å². The molecular weight excluding hydrogens is 496 g/mol. The molecule has 2 aliphatic rings. The molecule has 1 aliphatic carbocycles. The molecule has 2 heterocycles. The predicted octanol–water partition coefficient (Wildman–Crippen LogP) is 5.82. The highest BCUT2D eigenvalue weighted by Crippen LogP contribution is 2.46. The zero-order chi connectivity index (χ0) is 27.5. The minimum absolute atomic E-state index is 0.0526. The van der Waals surface area contributed by atoms with Gasteiger partial charge in [-0.05, 0) is 66.3 Å². The van der Waals surface area contributed by atoms with Crippen LogP contribution in [0.4, 0.5) is 4.79 Å². The third kappa shape index (κ3) is 5.10. The van der Waals surface area contributed by atoms with Crippen LogP contribution in [0.1, 0.15) is 48.4 Å². The largest absolute Gasteiger partial charge is 0.361 e. The zero-order valence-electron chi connectivity index (χ0n) is 23.2. The molecule has 0 saturated carbocycles. The summed E-state index contributed by atoms with van der Waals surface area (Å²) in [5.41, 5.74) is 6.26. The molecule has 1 saturated heterocycles. The summed E-state index contributed by atoms with van der Waals surface area (Å²) < 4.78 is 0. The number of carbonyl (C=O) groups excluding carboxylic acids is 2. The number of hydrogen-bond acceptors (Lipinski definition) is 2. The smallest absolute Gasteiger partial charge is 0.318 e. The van der Waals surface area contributed by atoms with Crippen LogP contribution in [0.2, 0.25) is 0 Å². The molecule has 1 atom stereocenters. The van der Waals surface area contributed by atoms with E-state index in [4.69, 9.17) is 0 Å². The van der Waals surface area contributed by atoms with E-state index in [0.717, 1.165) is 47.7 Å². The van der Waals surface area contributed by atoms with E-state index in [1.165, 1.54) is 11.1 Å². The number of benzene rings is 3. The minimum atomic E-state index is -0.654. The summed E-state index contributed by atoms with van der Waals surface area (Å²) in [5, 5.41) is 4.25. The average molecular weight is 535 g/mol. The van der Waals surface area contributed by atoms with E-state index in [9.17, 15) is 9.59 Å². The molecule has 0 unspecified atom stereocenters. The van der Waals surface area contributed by atoms with Gasteiger partial charge in [0.05, 0.1) is 0 Å². The van der Waals surface area contributed by atoms with E-state index in [-0.39, 0.29) is 17.4 Å². The number of urea groups is 1.